The second-order valence-corrected chi connectivity index (χ2v) is 7.50. The van der Waals surface area contributed by atoms with E-state index in [-0.39, 0.29) is 5.92 Å². The van der Waals surface area contributed by atoms with Crippen molar-refractivity contribution in [3.8, 4) is 0 Å². The van der Waals surface area contributed by atoms with Gasteiger partial charge in [0, 0.05) is 38.6 Å². The van der Waals surface area contributed by atoms with Gasteiger partial charge in [0.1, 0.15) is 0 Å². The summed E-state index contributed by atoms with van der Waals surface area (Å²) in [6.07, 6.45) is 0.884. The van der Waals surface area contributed by atoms with E-state index in [4.69, 9.17) is 0 Å². The number of hydrogen-bond donors (Lipinski definition) is 1. The molecule has 134 valence electrons. The van der Waals surface area contributed by atoms with E-state index in [0.29, 0.717) is 0 Å². The van der Waals surface area contributed by atoms with Gasteiger partial charge in [0.05, 0.1) is 5.60 Å². The third-order valence-corrected chi connectivity index (χ3v) is 5.55. The van der Waals surface area contributed by atoms with Crippen molar-refractivity contribution in [2.45, 2.75) is 18.9 Å². The summed E-state index contributed by atoms with van der Waals surface area (Å²) >= 11 is 0. The molecule has 0 amide bonds. The van der Waals surface area contributed by atoms with Gasteiger partial charge in [-0.2, -0.15) is 0 Å². The fourth-order valence-corrected chi connectivity index (χ4v) is 3.69. The Morgan fingerprint density at radius 1 is 0.920 bits per heavy atom. The second kappa shape index (κ2) is 8.13. The van der Waals surface area contributed by atoms with Gasteiger partial charge in [-0.1, -0.05) is 60.7 Å². The molecule has 1 saturated heterocycles. The molecule has 1 N–H and O–H groups in total. The lowest BCUT2D eigenvalue weighted by molar-refractivity contribution is -0.0254. The summed E-state index contributed by atoms with van der Waals surface area (Å²) in [4.78, 5) is 4.88. The van der Waals surface area contributed by atoms with Gasteiger partial charge in [0.2, 0.25) is 0 Å². The molecule has 3 nitrogen and oxygen atoms in total. The maximum atomic E-state index is 11.5. The van der Waals surface area contributed by atoms with Crippen molar-refractivity contribution in [3.63, 3.8) is 0 Å². The molecule has 1 aliphatic heterocycles. The molecule has 2 atom stereocenters. The summed E-state index contributed by atoms with van der Waals surface area (Å²) in [7, 11) is 2.18. The Kier molecular flexibility index (Phi) is 5.89. The highest BCUT2D eigenvalue weighted by molar-refractivity contribution is 5.24. The quantitative estimate of drug-likeness (QED) is 0.877. The van der Waals surface area contributed by atoms with E-state index in [1.54, 1.807) is 0 Å². The van der Waals surface area contributed by atoms with Crippen LogP contribution in [0.15, 0.2) is 60.7 Å². The molecule has 1 aliphatic rings. The van der Waals surface area contributed by atoms with Gasteiger partial charge in [-0.25, -0.2) is 0 Å². The van der Waals surface area contributed by atoms with E-state index in [9.17, 15) is 5.11 Å². The van der Waals surface area contributed by atoms with Crippen LogP contribution in [0.3, 0.4) is 0 Å². The zero-order chi connectivity index (χ0) is 17.7. The minimum atomic E-state index is -0.847. The first kappa shape index (κ1) is 18.1. The summed E-state index contributed by atoms with van der Waals surface area (Å²) in [6.45, 7) is 7.26. The van der Waals surface area contributed by atoms with E-state index in [0.717, 1.165) is 44.7 Å². The Labute approximate surface area is 151 Å². The molecule has 0 bridgehead atoms. The molecule has 3 heteroatoms. The summed E-state index contributed by atoms with van der Waals surface area (Å²) in [5.41, 5.74) is 1.45. The average Bonchev–Trinajstić information content (AvgIpc) is 2.64. The van der Waals surface area contributed by atoms with Crippen LogP contribution in [0.25, 0.3) is 0 Å². The number of likely N-dealkylation sites (N-methyl/N-ethyl adjacent to an activating group) is 1. The number of benzene rings is 2. The monoisotopic (exact) mass is 338 g/mol. The molecule has 0 saturated carbocycles. The first-order chi connectivity index (χ1) is 12.1. The molecule has 0 spiro atoms. The summed E-state index contributed by atoms with van der Waals surface area (Å²) in [5.74, 6) is 0.153. The third kappa shape index (κ3) is 4.69. The average molecular weight is 338 g/mol. The smallest absolute Gasteiger partial charge is 0.0911 e. The molecule has 0 radical (unpaired) electrons. The Hall–Kier alpha value is -1.68. The largest absolute Gasteiger partial charge is 0.385 e. The Bertz CT molecular complexity index is 634. The second-order valence-electron chi connectivity index (χ2n) is 7.50. The molecular weight excluding hydrogens is 308 g/mol. The van der Waals surface area contributed by atoms with Crippen LogP contribution in [-0.2, 0) is 12.0 Å². The minimum Gasteiger partial charge on any atom is -0.385 e. The van der Waals surface area contributed by atoms with Crippen molar-refractivity contribution in [3.05, 3.63) is 71.8 Å². The highest BCUT2D eigenvalue weighted by atomic mass is 16.3. The van der Waals surface area contributed by atoms with Crippen LogP contribution in [0.1, 0.15) is 18.1 Å². The van der Waals surface area contributed by atoms with Gasteiger partial charge in [0.25, 0.3) is 0 Å². The molecule has 3 rings (SSSR count). The highest BCUT2D eigenvalue weighted by Crippen LogP contribution is 2.32. The van der Waals surface area contributed by atoms with Crippen molar-refractivity contribution < 1.29 is 5.11 Å². The molecule has 2 aromatic carbocycles. The SMILES string of the molecule is CN1CCN(CC(Cc2ccccc2)C(C)(O)c2ccccc2)CC1. The van der Waals surface area contributed by atoms with Gasteiger partial charge in [-0.15, -0.1) is 0 Å². The van der Waals surface area contributed by atoms with Crippen molar-refractivity contribution in [2.24, 2.45) is 5.92 Å². The van der Waals surface area contributed by atoms with Gasteiger partial charge in [0.15, 0.2) is 0 Å². The zero-order valence-electron chi connectivity index (χ0n) is 15.4. The zero-order valence-corrected chi connectivity index (χ0v) is 15.4. The van der Waals surface area contributed by atoms with E-state index >= 15 is 0 Å². The maximum Gasteiger partial charge on any atom is 0.0911 e. The lowest BCUT2D eigenvalue weighted by Gasteiger charge is -2.40. The first-order valence-corrected chi connectivity index (χ1v) is 9.28. The number of hydrogen-bond acceptors (Lipinski definition) is 3. The fraction of sp³-hybridized carbons (Fsp3) is 0.455. The molecule has 25 heavy (non-hydrogen) atoms. The van der Waals surface area contributed by atoms with Crippen molar-refractivity contribution >= 4 is 0 Å². The third-order valence-electron chi connectivity index (χ3n) is 5.55. The minimum absolute atomic E-state index is 0.153. The van der Waals surface area contributed by atoms with Crippen LogP contribution in [0.5, 0.6) is 0 Å². The van der Waals surface area contributed by atoms with Crippen molar-refractivity contribution in [1.29, 1.82) is 0 Å². The van der Waals surface area contributed by atoms with Crippen LogP contribution in [-0.4, -0.2) is 54.7 Å². The van der Waals surface area contributed by atoms with Crippen LogP contribution in [0.4, 0.5) is 0 Å². The lowest BCUT2D eigenvalue weighted by atomic mass is 9.79. The topological polar surface area (TPSA) is 26.7 Å². The molecule has 0 aromatic heterocycles. The molecule has 2 aromatic rings. The van der Waals surface area contributed by atoms with Crippen LogP contribution < -0.4 is 0 Å². The molecule has 1 heterocycles. The van der Waals surface area contributed by atoms with E-state index in [2.05, 4.69) is 41.1 Å². The predicted molar refractivity (Wildman–Crippen MR) is 104 cm³/mol. The Morgan fingerprint density at radius 3 is 2.08 bits per heavy atom. The molecule has 1 fully saturated rings. The van der Waals surface area contributed by atoms with Gasteiger partial charge in [-0.3, -0.25) is 0 Å². The number of rotatable bonds is 6. The van der Waals surface area contributed by atoms with Crippen LogP contribution >= 0.6 is 0 Å². The summed E-state index contributed by atoms with van der Waals surface area (Å²) in [6, 6.07) is 20.7. The maximum absolute atomic E-state index is 11.5. The molecular formula is C22H30N2O. The lowest BCUT2D eigenvalue weighted by Crippen LogP contribution is -2.49. The normalized spacial score (nSPS) is 20.1. The van der Waals surface area contributed by atoms with E-state index < -0.39 is 5.60 Å². The number of aliphatic hydroxyl groups is 1. The highest BCUT2D eigenvalue weighted by Gasteiger charge is 2.35. The Morgan fingerprint density at radius 2 is 1.48 bits per heavy atom. The van der Waals surface area contributed by atoms with E-state index in [1.807, 2.05) is 43.3 Å². The summed E-state index contributed by atoms with van der Waals surface area (Å²) in [5, 5.41) is 11.5. The standard InChI is InChI=1S/C22H30N2O/c1-22(25,20-11-7-4-8-12-20)21(17-19-9-5-3-6-10-19)18-24-15-13-23(2)14-16-24/h3-12,21,25H,13-18H2,1-2H3. The van der Waals surface area contributed by atoms with Crippen LogP contribution in [0.2, 0.25) is 0 Å². The van der Waals surface area contributed by atoms with Gasteiger partial charge in [-0.05, 0) is 31.5 Å². The van der Waals surface area contributed by atoms with E-state index in [1.165, 1.54) is 5.56 Å². The number of nitrogens with zero attached hydrogens (tertiary/aromatic N) is 2. The van der Waals surface area contributed by atoms with Crippen molar-refractivity contribution in [2.75, 3.05) is 39.8 Å². The van der Waals surface area contributed by atoms with Crippen LogP contribution in [0, 0.1) is 5.92 Å². The molecule has 0 aliphatic carbocycles. The Balaban J connectivity index is 1.80. The first-order valence-electron chi connectivity index (χ1n) is 9.28. The van der Waals surface area contributed by atoms with Crippen molar-refractivity contribution in [1.82, 2.24) is 9.80 Å². The fourth-order valence-electron chi connectivity index (χ4n) is 3.69. The van der Waals surface area contributed by atoms with Gasteiger partial charge < -0.3 is 14.9 Å². The number of piperazine rings is 1. The predicted octanol–water partition coefficient (Wildman–Crippen LogP) is 3.00. The molecule has 2 unspecified atom stereocenters. The summed E-state index contributed by atoms with van der Waals surface area (Å²) < 4.78 is 0. The van der Waals surface area contributed by atoms with Gasteiger partial charge >= 0.3 is 0 Å².